The molecule has 4 aliphatic rings. The highest BCUT2D eigenvalue weighted by molar-refractivity contribution is 5.75. The second kappa shape index (κ2) is 3.95. The van der Waals surface area contributed by atoms with E-state index < -0.39 is 0 Å². The Hall–Kier alpha value is -0.610. The van der Waals surface area contributed by atoms with Crippen LogP contribution in [0.25, 0.3) is 0 Å². The standard InChI is InChI=1S/C13H22N2O2/c14-7-13(6-12(16)15-17)10-2-8-1-9(4-10)5-11(13)3-8/h8-11,17H,1-7,14H2,(H,15,16). The molecule has 4 bridgehead atoms. The van der Waals surface area contributed by atoms with Gasteiger partial charge in [0.2, 0.25) is 5.91 Å². The van der Waals surface area contributed by atoms with Crippen LogP contribution in [-0.2, 0) is 4.79 Å². The summed E-state index contributed by atoms with van der Waals surface area (Å²) in [6, 6.07) is 0. The van der Waals surface area contributed by atoms with Gasteiger partial charge in [0.25, 0.3) is 0 Å². The third-order valence-electron chi connectivity index (χ3n) is 5.76. The highest BCUT2D eigenvalue weighted by Gasteiger charge is 2.56. The molecule has 0 heterocycles. The van der Waals surface area contributed by atoms with Gasteiger partial charge in [-0.15, -0.1) is 0 Å². The van der Waals surface area contributed by atoms with E-state index >= 15 is 0 Å². The van der Waals surface area contributed by atoms with Gasteiger partial charge in [-0.2, -0.15) is 0 Å². The summed E-state index contributed by atoms with van der Waals surface area (Å²) in [5.41, 5.74) is 7.79. The lowest BCUT2D eigenvalue weighted by molar-refractivity contribution is -0.145. The molecule has 0 saturated heterocycles. The summed E-state index contributed by atoms with van der Waals surface area (Å²) in [4.78, 5) is 11.6. The summed E-state index contributed by atoms with van der Waals surface area (Å²) in [5, 5.41) is 8.76. The minimum atomic E-state index is -0.261. The Balaban J connectivity index is 1.86. The van der Waals surface area contributed by atoms with Gasteiger partial charge in [0.15, 0.2) is 0 Å². The van der Waals surface area contributed by atoms with Crippen LogP contribution >= 0.6 is 0 Å². The van der Waals surface area contributed by atoms with Crippen LogP contribution in [0.5, 0.6) is 0 Å². The maximum absolute atomic E-state index is 11.6. The predicted octanol–water partition coefficient (Wildman–Crippen LogP) is 1.28. The fraction of sp³-hybridized carbons (Fsp3) is 0.923. The van der Waals surface area contributed by atoms with Crippen molar-refractivity contribution in [3.05, 3.63) is 0 Å². The molecule has 4 heteroatoms. The molecule has 17 heavy (non-hydrogen) atoms. The molecule has 4 fully saturated rings. The van der Waals surface area contributed by atoms with E-state index in [1.54, 1.807) is 5.48 Å². The molecule has 4 rings (SSSR count). The number of carbonyl (C=O) groups excluding carboxylic acids is 1. The first-order chi connectivity index (χ1) is 8.18. The van der Waals surface area contributed by atoms with Crippen molar-refractivity contribution >= 4 is 5.91 Å². The zero-order chi connectivity index (χ0) is 12.0. The van der Waals surface area contributed by atoms with E-state index in [1.165, 1.54) is 32.1 Å². The van der Waals surface area contributed by atoms with Crippen molar-refractivity contribution in [2.45, 2.75) is 38.5 Å². The Morgan fingerprint density at radius 3 is 2.12 bits per heavy atom. The molecular weight excluding hydrogens is 216 g/mol. The molecule has 96 valence electrons. The third-order valence-corrected chi connectivity index (χ3v) is 5.76. The molecule has 0 aromatic rings. The number of hydroxylamine groups is 1. The lowest BCUT2D eigenvalue weighted by Crippen LogP contribution is -2.57. The molecule has 0 aliphatic heterocycles. The fourth-order valence-corrected chi connectivity index (χ4v) is 5.16. The van der Waals surface area contributed by atoms with Gasteiger partial charge in [-0.25, -0.2) is 5.48 Å². The molecule has 4 aliphatic carbocycles. The first-order valence-corrected chi connectivity index (χ1v) is 6.81. The van der Waals surface area contributed by atoms with Crippen LogP contribution in [0.3, 0.4) is 0 Å². The molecule has 0 aromatic heterocycles. The van der Waals surface area contributed by atoms with Gasteiger partial charge in [0.1, 0.15) is 0 Å². The Morgan fingerprint density at radius 1 is 1.18 bits per heavy atom. The highest BCUT2D eigenvalue weighted by atomic mass is 16.5. The van der Waals surface area contributed by atoms with Crippen molar-refractivity contribution in [2.24, 2.45) is 34.8 Å². The van der Waals surface area contributed by atoms with Crippen LogP contribution in [0.15, 0.2) is 0 Å². The predicted molar refractivity (Wildman–Crippen MR) is 63.1 cm³/mol. The van der Waals surface area contributed by atoms with Gasteiger partial charge in [0, 0.05) is 6.42 Å². The average Bonchev–Trinajstić information content (AvgIpc) is 2.33. The van der Waals surface area contributed by atoms with E-state index in [1.807, 2.05) is 0 Å². The van der Waals surface area contributed by atoms with Crippen LogP contribution < -0.4 is 11.2 Å². The van der Waals surface area contributed by atoms with Gasteiger partial charge >= 0.3 is 0 Å². The average molecular weight is 238 g/mol. The monoisotopic (exact) mass is 238 g/mol. The van der Waals surface area contributed by atoms with Gasteiger partial charge in [0.05, 0.1) is 0 Å². The Bertz CT molecular complexity index is 301. The summed E-state index contributed by atoms with van der Waals surface area (Å²) in [6.07, 6.45) is 6.83. The number of nitrogens with one attached hydrogen (secondary N) is 1. The maximum atomic E-state index is 11.6. The second-order valence-electron chi connectivity index (χ2n) is 6.45. The van der Waals surface area contributed by atoms with E-state index in [0.29, 0.717) is 24.8 Å². The number of hydrogen-bond acceptors (Lipinski definition) is 3. The summed E-state index contributed by atoms with van der Waals surface area (Å²) < 4.78 is 0. The largest absolute Gasteiger partial charge is 0.330 e. The number of hydrogen-bond donors (Lipinski definition) is 3. The Morgan fingerprint density at radius 2 is 1.71 bits per heavy atom. The molecule has 4 saturated carbocycles. The SMILES string of the molecule is NCC1(CC(=O)NO)C2CC3CC(C2)CC1C3. The fourth-order valence-electron chi connectivity index (χ4n) is 5.16. The zero-order valence-electron chi connectivity index (χ0n) is 10.2. The quantitative estimate of drug-likeness (QED) is 0.512. The third kappa shape index (κ3) is 1.61. The van der Waals surface area contributed by atoms with Crippen LogP contribution in [-0.4, -0.2) is 17.7 Å². The molecular formula is C13H22N2O2. The molecule has 1 amide bonds. The second-order valence-corrected chi connectivity index (χ2v) is 6.45. The van der Waals surface area contributed by atoms with Crippen molar-refractivity contribution in [1.82, 2.24) is 5.48 Å². The molecule has 4 N–H and O–H groups in total. The van der Waals surface area contributed by atoms with Crippen molar-refractivity contribution in [2.75, 3.05) is 6.54 Å². The van der Waals surface area contributed by atoms with Gasteiger partial charge in [-0.05, 0) is 67.7 Å². The first kappa shape index (κ1) is 11.5. The van der Waals surface area contributed by atoms with E-state index in [4.69, 9.17) is 10.9 Å². The topological polar surface area (TPSA) is 75.4 Å². The van der Waals surface area contributed by atoms with Gasteiger partial charge in [-0.1, -0.05) is 0 Å². The smallest absolute Gasteiger partial charge is 0.243 e. The summed E-state index contributed by atoms with van der Waals surface area (Å²) >= 11 is 0. The van der Waals surface area contributed by atoms with E-state index in [-0.39, 0.29) is 11.3 Å². The number of carbonyl (C=O) groups is 1. The van der Waals surface area contributed by atoms with E-state index in [0.717, 1.165) is 11.8 Å². The minimum Gasteiger partial charge on any atom is -0.330 e. The first-order valence-electron chi connectivity index (χ1n) is 6.81. The Labute approximate surface area is 102 Å². The molecule has 0 spiro atoms. The van der Waals surface area contributed by atoms with Crippen LogP contribution in [0.1, 0.15) is 38.5 Å². The van der Waals surface area contributed by atoms with Crippen molar-refractivity contribution in [3.8, 4) is 0 Å². The van der Waals surface area contributed by atoms with E-state index in [9.17, 15) is 4.79 Å². The van der Waals surface area contributed by atoms with Gasteiger partial charge in [-0.3, -0.25) is 10.0 Å². The van der Waals surface area contributed by atoms with Crippen LogP contribution in [0, 0.1) is 29.1 Å². The zero-order valence-corrected chi connectivity index (χ0v) is 10.2. The summed E-state index contributed by atoms with van der Waals surface area (Å²) in [7, 11) is 0. The minimum absolute atomic E-state index is 0.0275. The van der Waals surface area contributed by atoms with Crippen molar-refractivity contribution in [3.63, 3.8) is 0 Å². The number of amides is 1. The van der Waals surface area contributed by atoms with Crippen molar-refractivity contribution < 1.29 is 10.0 Å². The number of rotatable bonds is 3. The highest BCUT2D eigenvalue weighted by Crippen LogP contribution is 2.63. The van der Waals surface area contributed by atoms with Gasteiger partial charge < -0.3 is 5.73 Å². The lowest BCUT2D eigenvalue weighted by atomic mass is 9.44. The molecule has 0 unspecified atom stereocenters. The molecule has 4 nitrogen and oxygen atoms in total. The normalized spacial score (nSPS) is 47.2. The van der Waals surface area contributed by atoms with E-state index in [2.05, 4.69) is 0 Å². The molecule has 0 radical (unpaired) electrons. The summed E-state index contributed by atoms with van der Waals surface area (Å²) in [6.45, 7) is 0.592. The molecule has 0 atom stereocenters. The number of nitrogens with two attached hydrogens (primary N) is 1. The molecule has 0 aromatic carbocycles. The summed E-state index contributed by atoms with van der Waals surface area (Å²) in [5.74, 6) is 2.73. The van der Waals surface area contributed by atoms with Crippen LogP contribution in [0.4, 0.5) is 0 Å². The maximum Gasteiger partial charge on any atom is 0.243 e. The lowest BCUT2D eigenvalue weighted by Gasteiger charge is -2.61. The van der Waals surface area contributed by atoms with Crippen LogP contribution in [0.2, 0.25) is 0 Å². The Kier molecular flexibility index (Phi) is 2.67. The van der Waals surface area contributed by atoms with Crippen molar-refractivity contribution in [1.29, 1.82) is 0 Å².